The molecule has 1 saturated heterocycles. The number of thiophene rings is 1. The third kappa shape index (κ3) is 5.59. The number of hydrogen-bond donors (Lipinski definition) is 1. The molecule has 0 unspecified atom stereocenters. The van der Waals surface area contributed by atoms with Gasteiger partial charge in [-0.3, -0.25) is 18.8 Å². The van der Waals surface area contributed by atoms with Gasteiger partial charge in [-0.2, -0.15) is 0 Å². The number of likely N-dealkylation sites (tertiary alicyclic amines) is 1. The van der Waals surface area contributed by atoms with Crippen LogP contribution < -0.4 is 9.62 Å². The van der Waals surface area contributed by atoms with E-state index in [1.54, 1.807) is 24.3 Å². The van der Waals surface area contributed by atoms with E-state index < -0.39 is 10.0 Å². The highest BCUT2D eigenvalue weighted by Crippen LogP contribution is 2.38. The molecule has 0 bridgehead atoms. The number of nitrogens with one attached hydrogen (secondary N) is 1. The predicted molar refractivity (Wildman–Crippen MR) is 155 cm³/mol. The molecule has 0 radical (unpaired) electrons. The molecule has 0 spiro atoms. The average Bonchev–Trinajstić information content (AvgIpc) is 3.34. The average molecular weight is 567 g/mol. The summed E-state index contributed by atoms with van der Waals surface area (Å²) >= 11 is 1.48. The van der Waals surface area contributed by atoms with Gasteiger partial charge in [0, 0.05) is 43.7 Å². The van der Waals surface area contributed by atoms with Gasteiger partial charge < -0.3 is 10.2 Å². The van der Waals surface area contributed by atoms with Gasteiger partial charge in [0.1, 0.15) is 5.00 Å². The summed E-state index contributed by atoms with van der Waals surface area (Å²) < 4.78 is 27.5. The van der Waals surface area contributed by atoms with Crippen molar-refractivity contribution in [3.05, 3.63) is 76.2 Å². The van der Waals surface area contributed by atoms with E-state index in [2.05, 4.69) is 17.1 Å². The van der Waals surface area contributed by atoms with Gasteiger partial charge in [0.2, 0.25) is 0 Å². The molecule has 0 atom stereocenters. The van der Waals surface area contributed by atoms with Crippen molar-refractivity contribution in [1.29, 1.82) is 0 Å². The molecule has 2 aliphatic rings. The lowest BCUT2D eigenvalue weighted by atomic mass is 10.0. The van der Waals surface area contributed by atoms with E-state index in [1.807, 2.05) is 11.0 Å². The van der Waals surface area contributed by atoms with Crippen LogP contribution in [0.15, 0.2) is 59.5 Å². The topological polar surface area (TPSA) is 90.0 Å². The minimum Gasteiger partial charge on any atom is -0.339 e. The van der Waals surface area contributed by atoms with Crippen LogP contribution in [0.3, 0.4) is 0 Å². The summed E-state index contributed by atoms with van der Waals surface area (Å²) in [6.45, 7) is 6.21. The number of piperidine rings is 1. The van der Waals surface area contributed by atoms with Crippen molar-refractivity contribution in [1.82, 2.24) is 9.80 Å². The Morgan fingerprint density at radius 2 is 1.67 bits per heavy atom. The van der Waals surface area contributed by atoms with Gasteiger partial charge in [-0.05, 0) is 74.2 Å². The molecule has 10 heteroatoms. The molecule has 1 N–H and O–H groups in total. The first-order valence-corrected chi connectivity index (χ1v) is 15.7. The largest absolute Gasteiger partial charge is 0.339 e. The van der Waals surface area contributed by atoms with E-state index in [9.17, 15) is 18.0 Å². The minimum absolute atomic E-state index is 0.00200. The van der Waals surface area contributed by atoms with E-state index in [0.717, 1.165) is 68.8 Å². The van der Waals surface area contributed by atoms with Gasteiger partial charge in [0.15, 0.2) is 0 Å². The van der Waals surface area contributed by atoms with Crippen molar-refractivity contribution in [3.8, 4) is 0 Å². The number of fused-ring (bicyclic) bond motifs is 1. The number of carbonyl (C=O) groups is 2. The molecule has 39 heavy (non-hydrogen) atoms. The zero-order valence-corrected chi connectivity index (χ0v) is 24.0. The molecular formula is C29H34N4O4S2. The molecule has 3 heterocycles. The number of nitrogens with zero attached hydrogens (tertiary/aromatic N) is 3. The van der Waals surface area contributed by atoms with Gasteiger partial charge in [-0.1, -0.05) is 25.1 Å². The number of sulfonamides is 1. The number of para-hydroxylation sites is 1. The summed E-state index contributed by atoms with van der Waals surface area (Å²) in [4.78, 5) is 32.4. The van der Waals surface area contributed by atoms with Crippen LogP contribution in [0, 0.1) is 0 Å². The van der Waals surface area contributed by atoms with Crippen molar-refractivity contribution in [2.75, 3.05) is 42.8 Å². The smallest absolute Gasteiger partial charge is 0.264 e. The zero-order chi connectivity index (χ0) is 27.6. The first-order chi connectivity index (χ1) is 18.8. The standard InChI is InChI=1S/C29H34N4O4S2/c1-3-32-19-16-24-25(20-32)38-28(26(24)29(35)33-17-8-5-9-18-33)30-27(34)21-12-14-23(15-13-21)39(36,37)31(2)22-10-6-4-7-11-22/h4,6-7,10-15H,3,5,8-9,16-20H2,1-2H3,(H,30,34). The van der Waals surface area contributed by atoms with Gasteiger partial charge in [0.25, 0.3) is 21.8 Å². The van der Waals surface area contributed by atoms with Gasteiger partial charge in [-0.15, -0.1) is 11.3 Å². The van der Waals surface area contributed by atoms with Crippen molar-refractivity contribution in [3.63, 3.8) is 0 Å². The first-order valence-electron chi connectivity index (χ1n) is 13.4. The summed E-state index contributed by atoms with van der Waals surface area (Å²) in [7, 11) is -2.28. The summed E-state index contributed by atoms with van der Waals surface area (Å²) in [5, 5.41) is 3.58. The number of amides is 2. The number of benzene rings is 2. The van der Waals surface area contributed by atoms with Crippen molar-refractivity contribution in [2.45, 2.75) is 44.0 Å². The van der Waals surface area contributed by atoms with E-state index in [-0.39, 0.29) is 16.7 Å². The Bertz CT molecular complexity index is 1450. The van der Waals surface area contributed by atoms with Gasteiger partial charge >= 0.3 is 0 Å². The molecule has 0 aliphatic carbocycles. The van der Waals surface area contributed by atoms with Crippen LogP contribution in [0.2, 0.25) is 0 Å². The third-order valence-electron chi connectivity index (χ3n) is 7.56. The van der Waals surface area contributed by atoms with Gasteiger partial charge in [-0.25, -0.2) is 8.42 Å². The number of anilines is 2. The summed E-state index contributed by atoms with van der Waals surface area (Å²) in [5.74, 6) is -0.369. The molecule has 1 aromatic heterocycles. The Morgan fingerprint density at radius 3 is 2.33 bits per heavy atom. The summed E-state index contributed by atoms with van der Waals surface area (Å²) in [5.41, 5.74) is 2.56. The Kier molecular flexibility index (Phi) is 8.06. The van der Waals surface area contributed by atoms with Crippen LogP contribution in [0.1, 0.15) is 57.3 Å². The maximum atomic E-state index is 13.7. The van der Waals surface area contributed by atoms with Crippen molar-refractivity contribution in [2.24, 2.45) is 0 Å². The molecule has 2 amide bonds. The van der Waals surface area contributed by atoms with Crippen LogP contribution in [-0.2, 0) is 23.0 Å². The maximum Gasteiger partial charge on any atom is 0.264 e. The SMILES string of the molecule is CCN1CCc2c(sc(NC(=O)c3ccc(S(=O)(=O)N(C)c4ccccc4)cc3)c2C(=O)N2CCCCC2)C1. The van der Waals surface area contributed by atoms with E-state index >= 15 is 0 Å². The van der Waals surface area contributed by atoms with Crippen molar-refractivity contribution < 1.29 is 18.0 Å². The lowest BCUT2D eigenvalue weighted by molar-refractivity contribution is 0.0724. The fraction of sp³-hybridized carbons (Fsp3) is 0.379. The second-order valence-electron chi connectivity index (χ2n) is 9.97. The molecular weight excluding hydrogens is 532 g/mol. The highest BCUT2D eigenvalue weighted by molar-refractivity contribution is 7.92. The molecule has 2 aliphatic heterocycles. The van der Waals surface area contributed by atoms with Gasteiger partial charge in [0.05, 0.1) is 16.1 Å². The van der Waals surface area contributed by atoms with Crippen LogP contribution in [0.5, 0.6) is 0 Å². The van der Waals surface area contributed by atoms with E-state index in [0.29, 0.717) is 21.8 Å². The monoisotopic (exact) mass is 566 g/mol. The first kappa shape index (κ1) is 27.4. The van der Waals surface area contributed by atoms with E-state index in [4.69, 9.17) is 0 Å². The summed E-state index contributed by atoms with van der Waals surface area (Å²) in [6, 6.07) is 14.8. The second-order valence-corrected chi connectivity index (χ2v) is 13.0. The Balaban J connectivity index is 1.39. The number of hydrogen-bond acceptors (Lipinski definition) is 6. The Morgan fingerprint density at radius 1 is 0.974 bits per heavy atom. The molecule has 2 aromatic carbocycles. The molecule has 3 aromatic rings. The van der Waals surface area contributed by atoms with E-state index in [1.165, 1.54) is 47.0 Å². The highest BCUT2D eigenvalue weighted by Gasteiger charge is 2.31. The fourth-order valence-corrected chi connectivity index (χ4v) is 7.66. The Labute approximate surface area is 234 Å². The fourth-order valence-electron chi connectivity index (χ4n) is 5.18. The second kappa shape index (κ2) is 11.5. The molecule has 5 rings (SSSR count). The molecule has 8 nitrogen and oxygen atoms in total. The highest BCUT2D eigenvalue weighted by atomic mass is 32.2. The lowest BCUT2D eigenvalue weighted by Gasteiger charge is -2.29. The molecule has 0 saturated carbocycles. The number of rotatable bonds is 7. The summed E-state index contributed by atoms with van der Waals surface area (Å²) in [6.07, 6.45) is 3.91. The quantitative estimate of drug-likeness (QED) is 0.443. The zero-order valence-electron chi connectivity index (χ0n) is 22.4. The number of likely N-dealkylation sites (N-methyl/N-ethyl adjacent to an activating group) is 1. The van der Waals surface area contributed by atoms with Crippen molar-refractivity contribution >= 4 is 43.9 Å². The molecule has 206 valence electrons. The Hall–Kier alpha value is -3.21. The van der Waals surface area contributed by atoms with Crippen LogP contribution in [0.25, 0.3) is 0 Å². The molecule has 1 fully saturated rings. The lowest BCUT2D eigenvalue weighted by Crippen LogP contribution is -2.37. The van der Waals surface area contributed by atoms with Crippen LogP contribution in [0.4, 0.5) is 10.7 Å². The number of carbonyl (C=O) groups excluding carboxylic acids is 2. The maximum absolute atomic E-state index is 13.7. The normalized spacial score (nSPS) is 16.0. The van der Waals surface area contributed by atoms with Crippen LogP contribution >= 0.6 is 11.3 Å². The third-order valence-corrected chi connectivity index (χ3v) is 10.5. The van der Waals surface area contributed by atoms with Crippen LogP contribution in [-0.4, -0.2) is 63.3 Å². The predicted octanol–water partition coefficient (Wildman–Crippen LogP) is 4.83. The minimum atomic E-state index is -3.78.